The van der Waals surface area contributed by atoms with Crippen LogP contribution >= 0.6 is 0 Å². The fourth-order valence-corrected chi connectivity index (χ4v) is 2.44. The summed E-state index contributed by atoms with van der Waals surface area (Å²) in [5, 5.41) is 40.6. The highest BCUT2D eigenvalue weighted by atomic mass is 16.4. The van der Waals surface area contributed by atoms with Crippen molar-refractivity contribution >= 4 is 19.0 Å². The number of para-hydroxylation sites is 1. The van der Waals surface area contributed by atoms with Gasteiger partial charge in [0.25, 0.3) is 5.91 Å². The van der Waals surface area contributed by atoms with Crippen LogP contribution in [0.2, 0.25) is 0 Å². The van der Waals surface area contributed by atoms with Gasteiger partial charge in [-0.25, -0.2) is 4.79 Å². The van der Waals surface area contributed by atoms with Gasteiger partial charge in [-0.3, -0.25) is 4.79 Å². The minimum atomic E-state index is -1.91. The fourth-order valence-electron chi connectivity index (χ4n) is 2.44. The highest BCUT2D eigenvalue weighted by Gasteiger charge is 2.27. The van der Waals surface area contributed by atoms with Crippen molar-refractivity contribution < 1.29 is 29.9 Å². The lowest BCUT2D eigenvalue weighted by Crippen LogP contribution is -2.47. The van der Waals surface area contributed by atoms with Crippen molar-refractivity contribution in [2.24, 2.45) is 5.73 Å². The second-order valence-corrected chi connectivity index (χ2v) is 5.72. The molecule has 1 atom stereocenters. The molecule has 0 aliphatic rings. The number of carboxylic acid groups (broad SMARTS) is 1. The largest absolute Gasteiger partial charge is 0.507 e. The number of nitrogens with two attached hydrogens (primary N) is 1. The molecule has 2 aromatic rings. The first kappa shape index (κ1) is 19.4. The highest BCUT2D eigenvalue weighted by molar-refractivity contribution is 6.43. The number of phenols is 1. The predicted molar refractivity (Wildman–Crippen MR) is 94.5 cm³/mol. The molecule has 0 aromatic heterocycles. The van der Waals surface area contributed by atoms with Gasteiger partial charge in [-0.15, -0.1) is 0 Å². The van der Waals surface area contributed by atoms with Crippen LogP contribution in [0.3, 0.4) is 0 Å². The molecule has 1 unspecified atom stereocenters. The van der Waals surface area contributed by atoms with E-state index in [1.54, 1.807) is 24.3 Å². The Morgan fingerprint density at radius 1 is 1.12 bits per heavy atom. The van der Waals surface area contributed by atoms with Gasteiger partial charge in [-0.05, 0) is 35.7 Å². The molecule has 0 spiro atoms. The van der Waals surface area contributed by atoms with Crippen molar-refractivity contribution in [1.29, 1.82) is 0 Å². The SMILES string of the molecule is NCc1ccc(C(=O)NC(Cc2cccc(C(=O)O)c2O)B(O)O)cc1. The van der Waals surface area contributed by atoms with E-state index in [1.165, 1.54) is 18.2 Å². The normalized spacial score (nSPS) is 11.7. The standard InChI is InChI=1S/C17H19BN2O6/c19-9-10-4-6-11(7-5-10)16(22)20-14(18(25)26)8-12-2-1-3-13(15(12)21)17(23)24/h1-7,14,21,25-26H,8-9,19H2,(H,20,22)(H,23,24). The minimum Gasteiger partial charge on any atom is -0.507 e. The van der Waals surface area contributed by atoms with Crippen LogP contribution in [-0.2, 0) is 13.0 Å². The molecule has 136 valence electrons. The maximum atomic E-state index is 12.3. The minimum absolute atomic E-state index is 0.168. The summed E-state index contributed by atoms with van der Waals surface area (Å²) in [7, 11) is -1.91. The van der Waals surface area contributed by atoms with E-state index in [0.717, 1.165) is 5.56 Å². The lowest BCUT2D eigenvalue weighted by atomic mass is 9.75. The van der Waals surface area contributed by atoms with Crippen molar-refractivity contribution in [1.82, 2.24) is 5.32 Å². The molecule has 1 amide bonds. The van der Waals surface area contributed by atoms with E-state index in [4.69, 9.17) is 10.8 Å². The van der Waals surface area contributed by atoms with Gasteiger partial charge in [0.15, 0.2) is 0 Å². The van der Waals surface area contributed by atoms with Crippen molar-refractivity contribution in [3.63, 3.8) is 0 Å². The Morgan fingerprint density at radius 3 is 2.31 bits per heavy atom. The summed E-state index contributed by atoms with van der Waals surface area (Å²) in [5.41, 5.74) is 6.50. The van der Waals surface area contributed by atoms with Crippen LogP contribution in [0.5, 0.6) is 5.75 Å². The smallest absolute Gasteiger partial charge is 0.475 e. The molecule has 0 saturated carbocycles. The molecule has 7 N–H and O–H groups in total. The molecule has 0 saturated heterocycles. The van der Waals surface area contributed by atoms with Crippen molar-refractivity contribution in [3.05, 3.63) is 64.7 Å². The number of benzene rings is 2. The summed E-state index contributed by atoms with van der Waals surface area (Å²) in [6.45, 7) is 0.332. The third kappa shape index (κ3) is 4.60. The maximum absolute atomic E-state index is 12.3. The van der Waals surface area contributed by atoms with E-state index in [0.29, 0.717) is 12.1 Å². The highest BCUT2D eigenvalue weighted by Crippen LogP contribution is 2.24. The molecule has 0 fully saturated rings. The number of carboxylic acids is 1. The lowest BCUT2D eigenvalue weighted by molar-refractivity contribution is 0.0693. The number of aromatic carboxylic acids is 1. The molecule has 2 aromatic carbocycles. The topological polar surface area (TPSA) is 153 Å². The fraction of sp³-hybridized carbons (Fsp3) is 0.176. The average Bonchev–Trinajstić information content (AvgIpc) is 2.62. The summed E-state index contributed by atoms with van der Waals surface area (Å²) in [6.07, 6.45) is -0.169. The van der Waals surface area contributed by atoms with E-state index in [2.05, 4.69) is 5.32 Å². The van der Waals surface area contributed by atoms with Crippen LogP contribution in [0.1, 0.15) is 31.8 Å². The first-order chi connectivity index (χ1) is 12.3. The zero-order valence-corrected chi connectivity index (χ0v) is 13.8. The molecular weight excluding hydrogens is 339 g/mol. The third-order valence-electron chi connectivity index (χ3n) is 3.92. The Morgan fingerprint density at radius 2 is 1.77 bits per heavy atom. The Hall–Kier alpha value is -2.88. The van der Waals surface area contributed by atoms with Crippen LogP contribution in [0.15, 0.2) is 42.5 Å². The van der Waals surface area contributed by atoms with Crippen molar-refractivity contribution in [2.45, 2.75) is 18.9 Å². The van der Waals surface area contributed by atoms with Gasteiger partial charge in [0.05, 0.1) is 5.94 Å². The molecule has 2 rings (SSSR count). The van der Waals surface area contributed by atoms with Crippen LogP contribution in [0, 0.1) is 0 Å². The number of hydrogen-bond acceptors (Lipinski definition) is 6. The zero-order valence-electron chi connectivity index (χ0n) is 13.8. The van der Waals surface area contributed by atoms with Crippen molar-refractivity contribution in [3.8, 4) is 5.75 Å². The second-order valence-electron chi connectivity index (χ2n) is 5.72. The molecule has 0 heterocycles. The van der Waals surface area contributed by atoms with Crippen LogP contribution < -0.4 is 11.1 Å². The van der Waals surface area contributed by atoms with Crippen molar-refractivity contribution in [2.75, 3.05) is 0 Å². The monoisotopic (exact) mass is 358 g/mol. The molecule has 8 nitrogen and oxygen atoms in total. The number of amides is 1. The molecule has 9 heteroatoms. The second kappa shape index (κ2) is 8.48. The summed E-state index contributed by atoms with van der Waals surface area (Å²) >= 11 is 0. The number of rotatable bonds is 7. The van der Waals surface area contributed by atoms with Gasteiger partial charge in [-0.2, -0.15) is 0 Å². The van der Waals surface area contributed by atoms with Crippen LogP contribution in [0.25, 0.3) is 0 Å². The number of aromatic hydroxyl groups is 1. The summed E-state index contributed by atoms with van der Waals surface area (Å²) in [5.74, 6) is -3.48. The third-order valence-corrected chi connectivity index (χ3v) is 3.92. The molecular formula is C17H19BN2O6. The van der Waals surface area contributed by atoms with Gasteiger partial charge in [0, 0.05) is 12.1 Å². The quantitative estimate of drug-likeness (QED) is 0.378. The lowest BCUT2D eigenvalue weighted by Gasteiger charge is -2.19. The molecule has 0 bridgehead atoms. The van der Waals surface area contributed by atoms with Gasteiger partial charge in [0.2, 0.25) is 0 Å². The molecule has 0 radical (unpaired) electrons. The summed E-state index contributed by atoms with van der Waals surface area (Å²) < 4.78 is 0. The first-order valence-electron chi connectivity index (χ1n) is 7.83. The molecule has 0 aliphatic carbocycles. The predicted octanol–water partition coefficient (Wildman–Crippen LogP) is -0.0978. The molecule has 26 heavy (non-hydrogen) atoms. The Kier molecular flexibility index (Phi) is 6.34. The maximum Gasteiger partial charge on any atom is 0.475 e. The number of carbonyl (C=O) groups excluding carboxylic acids is 1. The van der Waals surface area contributed by atoms with E-state index >= 15 is 0 Å². The zero-order chi connectivity index (χ0) is 19.3. The van der Waals surface area contributed by atoms with E-state index in [-0.39, 0.29) is 17.5 Å². The summed E-state index contributed by atoms with van der Waals surface area (Å²) in [6, 6.07) is 10.6. The molecule has 0 aliphatic heterocycles. The van der Waals surface area contributed by atoms with E-state index in [1.807, 2.05) is 0 Å². The number of nitrogens with one attached hydrogen (secondary N) is 1. The Balaban J connectivity index is 2.17. The van der Waals surface area contributed by atoms with Crippen LogP contribution in [0.4, 0.5) is 0 Å². The van der Waals surface area contributed by atoms with E-state index in [9.17, 15) is 24.7 Å². The Labute approximate surface area is 150 Å². The van der Waals surface area contributed by atoms with Gasteiger partial charge in [-0.1, -0.05) is 24.3 Å². The van der Waals surface area contributed by atoms with Gasteiger partial charge >= 0.3 is 13.1 Å². The number of hydrogen-bond donors (Lipinski definition) is 6. The Bertz CT molecular complexity index is 794. The van der Waals surface area contributed by atoms with Crippen LogP contribution in [-0.4, -0.2) is 45.2 Å². The van der Waals surface area contributed by atoms with Gasteiger partial charge < -0.3 is 31.3 Å². The van der Waals surface area contributed by atoms with Gasteiger partial charge in [0.1, 0.15) is 11.3 Å². The summed E-state index contributed by atoms with van der Waals surface area (Å²) in [4.78, 5) is 23.4. The average molecular weight is 358 g/mol. The first-order valence-corrected chi connectivity index (χ1v) is 7.83. The van der Waals surface area contributed by atoms with E-state index < -0.39 is 30.7 Å². The number of carbonyl (C=O) groups is 2.